The van der Waals surface area contributed by atoms with Gasteiger partial charge >= 0.3 is 0 Å². The van der Waals surface area contributed by atoms with Crippen LogP contribution in [0.25, 0.3) is 0 Å². The molecule has 4 nitrogen and oxygen atoms in total. The van der Waals surface area contributed by atoms with Crippen LogP contribution >= 0.6 is 11.3 Å². The Hall–Kier alpha value is -1.72. The highest BCUT2D eigenvalue weighted by molar-refractivity contribution is 7.13. The fraction of sp³-hybridized carbons (Fsp3) is 0.375. The Balaban J connectivity index is 1.77. The molecule has 110 valence electrons. The summed E-state index contributed by atoms with van der Waals surface area (Å²) in [7, 11) is 0. The molecule has 3 rings (SSSR count). The second-order valence-electron chi connectivity index (χ2n) is 5.60. The van der Waals surface area contributed by atoms with Gasteiger partial charge < -0.3 is 10.6 Å². The predicted octanol–water partition coefficient (Wildman–Crippen LogP) is 3.09. The first-order valence-corrected chi connectivity index (χ1v) is 8.08. The lowest BCUT2D eigenvalue weighted by Crippen LogP contribution is -2.35. The summed E-state index contributed by atoms with van der Waals surface area (Å²) in [5, 5.41) is 8.95. The van der Waals surface area contributed by atoms with Crippen LogP contribution in [-0.2, 0) is 11.3 Å². The van der Waals surface area contributed by atoms with Crippen LogP contribution in [0, 0.1) is 0 Å². The number of carbonyl (C=O) groups excluding carboxylic acids is 1. The molecule has 5 heteroatoms. The zero-order chi connectivity index (χ0) is 14.8. The van der Waals surface area contributed by atoms with E-state index in [0.29, 0.717) is 17.6 Å². The number of fused-ring (bicyclic) bond motifs is 1. The number of rotatable bonds is 3. The maximum atomic E-state index is 12.5. The van der Waals surface area contributed by atoms with Crippen LogP contribution < -0.4 is 10.6 Å². The van der Waals surface area contributed by atoms with Crippen molar-refractivity contribution in [3.63, 3.8) is 0 Å². The number of thiazole rings is 1. The molecule has 1 aliphatic rings. The topological polar surface area (TPSA) is 54.0 Å². The number of nitrogens with zero attached hydrogens (tertiary/aromatic N) is 1. The van der Waals surface area contributed by atoms with Crippen molar-refractivity contribution in [2.75, 3.05) is 11.9 Å². The number of benzene rings is 1. The average molecular weight is 301 g/mol. The van der Waals surface area contributed by atoms with Crippen LogP contribution in [0.5, 0.6) is 0 Å². The summed E-state index contributed by atoms with van der Waals surface area (Å²) in [6, 6.07) is 8.12. The van der Waals surface area contributed by atoms with E-state index >= 15 is 0 Å². The SMILES string of the molecule is CC(C)c1csc(NC(=O)C2CNCc3ccccc32)n1. The van der Waals surface area contributed by atoms with Gasteiger partial charge in [0.1, 0.15) is 0 Å². The summed E-state index contributed by atoms with van der Waals surface area (Å²) in [5.41, 5.74) is 3.35. The molecule has 0 bridgehead atoms. The van der Waals surface area contributed by atoms with Gasteiger partial charge in [0.2, 0.25) is 5.91 Å². The van der Waals surface area contributed by atoms with E-state index in [9.17, 15) is 4.79 Å². The molecule has 1 aromatic heterocycles. The summed E-state index contributed by atoms with van der Waals surface area (Å²) in [5.74, 6) is 0.240. The van der Waals surface area contributed by atoms with Crippen molar-refractivity contribution in [2.45, 2.75) is 32.2 Å². The molecule has 1 aromatic carbocycles. The lowest BCUT2D eigenvalue weighted by atomic mass is 9.90. The maximum Gasteiger partial charge on any atom is 0.235 e. The number of hydrogen-bond acceptors (Lipinski definition) is 4. The van der Waals surface area contributed by atoms with Crippen molar-refractivity contribution in [2.24, 2.45) is 0 Å². The lowest BCUT2D eigenvalue weighted by molar-refractivity contribution is -0.117. The van der Waals surface area contributed by atoms with Gasteiger partial charge in [0.25, 0.3) is 0 Å². The van der Waals surface area contributed by atoms with Gasteiger partial charge in [-0.15, -0.1) is 11.3 Å². The minimum Gasteiger partial charge on any atom is -0.312 e. The predicted molar refractivity (Wildman–Crippen MR) is 85.7 cm³/mol. The van der Waals surface area contributed by atoms with Crippen molar-refractivity contribution in [3.05, 3.63) is 46.5 Å². The summed E-state index contributed by atoms with van der Waals surface area (Å²) in [4.78, 5) is 17.0. The van der Waals surface area contributed by atoms with Crippen LogP contribution in [-0.4, -0.2) is 17.4 Å². The van der Waals surface area contributed by atoms with Gasteiger partial charge in [0.05, 0.1) is 11.6 Å². The van der Waals surface area contributed by atoms with Crippen molar-refractivity contribution in [1.29, 1.82) is 0 Å². The second kappa shape index (κ2) is 5.95. The zero-order valence-corrected chi connectivity index (χ0v) is 13.0. The van der Waals surface area contributed by atoms with Gasteiger partial charge in [-0.1, -0.05) is 38.1 Å². The third-order valence-corrected chi connectivity index (χ3v) is 4.53. The minimum atomic E-state index is -0.152. The molecule has 1 amide bonds. The van der Waals surface area contributed by atoms with Gasteiger partial charge in [-0.05, 0) is 17.0 Å². The van der Waals surface area contributed by atoms with Crippen LogP contribution in [0.3, 0.4) is 0 Å². The van der Waals surface area contributed by atoms with Crippen LogP contribution in [0.4, 0.5) is 5.13 Å². The normalized spacial score (nSPS) is 17.6. The van der Waals surface area contributed by atoms with Gasteiger partial charge in [0, 0.05) is 18.5 Å². The molecule has 1 atom stereocenters. The quantitative estimate of drug-likeness (QED) is 0.916. The van der Waals surface area contributed by atoms with Gasteiger partial charge in [-0.2, -0.15) is 0 Å². The van der Waals surface area contributed by atoms with E-state index < -0.39 is 0 Å². The Kier molecular flexibility index (Phi) is 4.03. The van der Waals surface area contributed by atoms with Crippen LogP contribution in [0.15, 0.2) is 29.6 Å². The largest absolute Gasteiger partial charge is 0.312 e. The average Bonchev–Trinajstić information content (AvgIpc) is 2.95. The van der Waals surface area contributed by atoms with E-state index in [0.717, 1.165) is 17.8 Å². The van der Waals surface area contributed by atoms with Gasteiger partial charge in [-0.25, -0.2) is 4.98 Å². The first-order chi connectivity index (χ1) is 10.1. The molecule has 0 radical (unpaired) electrons. The van der Waals surface area contributed by atoms with E-state index in [2.05, 4.69) is 35.5 Å². The Morgan fingerprint density at radius 1 is 1.43 bits per heavy atom. The fourth-order valence-corrected chi connectivity index (χ4v) is 3.41. The number of hydrogen-bond donors (Lipinski definition) is 2. The first-order valence-electron chi connectivity index (χ1n) is 7.20. The molecule has 0 saturated carbocycles. The van der Waals surface area contributed by atoms with E-state index in [4.69, 9.17) is 0 Å². The monoisotopic (exact) mass is 301 g/mol. The third kappa shape index (κ3) is 2.99. The fourth-order valence-electron chi connectivity index (χ4n) is 2.53. The van der Waals surface area contributed by atoms with E-state index in [-0.39, 0.29) is 11.8 Å². The molecule has 0 aliphatic carbocycles. The molecule has 0 fully saturated rings. The first kappa shape index (κ1) is 14.2. The third-order valence-electron chi connectivity index (χ3n) is 3.75. The lowest BCUT2D eigenvalue weighted by Gasteiger charge is -2.25. The molecule has 2 heterocycles. The number of amides is 1. The standard InChI is InChI=1S/C16H19N3OS/c1-10(2)14-9-21-16(18-14)19-15(20)13-8-17-7-11-5-3-4-6-12(11)13/h3-6,9-10,13,17H,7-8H2,1-2H3,(H,18,19,20). The Labute approximate surface area is 128 Å². The maximum absolute atomic E-state index is 12.5. The van der Waals surface area contributed by atoms with Crippen molar-refractivity contribution < 1.29 is 4.79 Å². The van der Waals surface area contributed by atoms with Crippen molar-refractivity contribution in [3.8, 4) is 0 Å². The molecular formula is C16H19N3OS. The Morgan fingerprint density at radius 2 is 2.24 bits per heavy atom. The summed E-state index contributed by atoms with van der Waals surface area (Å²) in [6.45, 7) is 5.70. The molecule has 1 aliphatic heterocycles. The molecule has 21 heavy (non-hydrogen) atoms. The highest BCUT2D eigenvalue weighted by Gasteiger charge is 2.26. The molecular weight excluding hydrogens is 282 g/mol. The number of carbonyl (C=O) groups is 1. The molecule has 2 N–H and O–H groups in total. The highest BCUT2D eigenvalue weighted by Crippen LogP contribution is 2.27. The second-order valence-corrected chi connectivity index (χ2v) is 6.46. The van der Waals surface area contributed by atoms with Crippen molar-refractivity contribution >= 4 is 22.4 Å². The number of nitrogens with one attached hydrogen (secondary N) is 2. The van der Waals surface area contributed by atoms with E-state index in [1.165, 1.54) is 16.9 Å². The number of aromatic nitrogens is 1. The number of anilines is 1. The van der Waals surface area contributed by atoms with E-state index in [1.54, 1.807) is 0 Å². The highest BCUT2D eigenvalue weighted by atomic mass is 32.1. The molecule has 0 saturated heterocycles. The summed E-state index contributed by atoms with van der Waals surface area (Å²) >= 11 is 1.49. The van der Waals surface area contributed by atoms with E-state index in [1.807, 2.05) is 23.6 Å². The van der Waals surface area contributed by atoms with Crippen molar-refractivity contribution in [1.82, 2.24) is 10.3 Å². The van der Waals surface area contributed by atoms with Crippen LogP contribution in [0.2, 0.25) is 0 Å². The Morgan fingerprint density at radius 3 is 3.00 bits per heavy atom. The zero-order valence-electron chi connectivity index (χ0n) is 12.2. The smallest absolute Gasteiger partial charge is 0.235 e. The Bertz CT molecular complexity index is 650. The molecule has 2 aromatic rings. The molecule has 1 unspecified atom stereocenters. The summed E-state index contributed by atoms with van der Waals surface area (Å²) in [6.07, 6.45) is 0. The van der Waals surface area contributed by atoms with Gasteiger partial charge in [-0.3, -0.25) is 4.79 Å². The van der Waals surface area contributed by atoms with Gasteiger partial charge in [0.15, 0.2) is 5.13 Å². The summed E-state index contributed by atoms with van der Waals surface area (Å²) < 4.78 is 0. The minimum absolute atomic E-state index is 0.0132. The molecule has 0 spiro atoms. The van der Waals surface area contributed by atoms with Crippen LogP contribution in [0.1, 0.15) is 42.5 Å².